The Kier molecular flexibility index (Phi) is 7.41. The van der Waals surface area contributed by atoms with Gasteiger partial charge in [-0.3, -0.25) is 4.57 Å². The molecule has 80 valence electrons. The normalized spacial score (nSPS) is 11.8. The summed E-state index contributed by atoms with van der Waals surface area (Å²) in [4.78, 5) is 0. The van der Waals surface area contributed by atoms with E-state index in [0.29, 0.717) is 13.2 Å². The van der Waals surface area contributed by atoms with Crippen LogP contribution >= 0.6 is 7.60 Å². The van der Waals surface area contributed by atoms with E-state index in [1.807, 2.05) is 13.8 Å². The van der Waals surface area contributed by atoms with Crippen LogP contribution in [0, 0.1) is 11.3 Å². The summed E-state index contributed by atoms with van der Waals surface area (Å²) in [6.07, 6.45) is 2.66. The fraction of sp³-hybridized carbons (Fsp3) is 0.667. The maximum absolute atomic E-state index is 11.8. The molecule has 0 amide bonds. The third-order valence-corrected chi connectivity index (χ3v) is 2.88. The van der Waals surface area contributed by atoms with E-state index in [1.165, 1.54) is 5.82 Å². The maximum atomic E-state index is 11.8. The molecule has 4 nitrogen and oxygen atoms in total. The average Bonchev–Trinajstić information content (AvgIpc) is 2.21. The van der Waals surface area contributed by atoms with Crippen molar-refractivity contribution in [1.29, 1.82) is 5.26 Å². The monoisotopic (exact) mass is 217 g/mol. The predicted octanol–water partition coefficient (Wildman–Crippen LogP) is 3.07. The molecule has 0 aromatic rings. The molecule has 0 unspecified atom stereocenters. The molecule has 0 spiro atoms. The van der Waals surface area contributed by atoms with Gasteiger partial charge < -0.3 is 9.05 Å². The van der Waals surface area contributed by atoms with Crippen molar-refractivity contribution < 1.29 is 13.6 Å². The van der Waals surface area contributed by atoms with E-state index in [9.17, 15) is 4.57 Å². The van der Waals surface area contributed by atoms with Crippen LogP contribution in [-0.4, -0.2) is 13.2 Å². The Labute approximate surface area is 85.1 Å². The second-order valence-corrected chi connectivity index (χ2v) is 4.55. The quantitative estimate of drug-likeness (QED) is 0.485. The molecule has 0 rings (SSSR count). The molecule has 0 aromatic carbocycles. The van der Waals surface area contributed by atoms with Gasteiger partial charge in [-0.2, -0.15) is 5.26 Å². The summed E-state index contributed by atoms with van der Waals surface area (Å²) in [6.45, 7) is 4.57. The van der Waals surface area contributed by atoms with Crippen LogP contribution in [0.25, 0.3) is 0 Å². The van der Waals surface area contributed by atoms with E-state index >= 15 is 0 Å². The summed E-state index contributed by atoms with van der Waals surface area (Å²) < 4.78 is 22.0. The van der Waals surface area contributed by atoms with Gasteiger partial charge in [-0.1, -0.05) is 13.8 Å². The number of hydrogen-bond acceptors (Lipinski definition) is 4. The van der Waals surface area contributed by atoms with Gasteiger partial charge in [-0.05, 0) is 12.8 Å². The minimum absolute atomic E-state index is 0.372. The first kappa shape index (κ1) is 13.4. The van der Waals surface area contributed by atoms with Crippen LogP contribution in [-0.2, 0) is 13.6 Å². The molecule has 0 aliphatic rings. The summed E-state index contributed by atoms with van der Waals surface area (Å²) in [7, 11) is -3.17. The molecular formula is C9H16NO3P. The van der Waals surface area contributed by atoms with E-state index in [1.54, 1.807) is 6.07 Å². The van der Waals surface area contributed by atoms with Gasteiger partial charge in [0.1, 0.15) is 0 Å². The van der Waals surface area contributed by atoms with Crippen molar-refractivity contribution in [1.82, 2.24) is 0 Å². The van der Waals surface area contributed by atoms with E-state index in [2.05, 4.69) is 0 Å². The van der Waals surface area contributed by atoms with Crippen molar-refractivity contribution >= 4 is 7.60 Å². The fourth-order valence-electron chi connectivity index (χ4n) is 0.685. The zero-order chi connectivity index (χ0) is 10.9. The van der Waals surface area contributed by atoms with Crippen molar-refractivity contribution in [3.05, 3.63) is 11.9 Å². The Morgan fingerprint density at radius 1 is 1.29 bits per heavy atom. The van der Waals surface area contributed by atoms with Crippen LogP contribution in [0.2, 0.25) is 0 Å². The summed E-state index contributed by atoms with van der Waals surface area (Å²) in [5.74, 6) is 1.21. The Morgan fingerprint density at radius 3 is 2.14 bits per heavy atom. The van der Waals surface area contributed by atoms with Crippen molar-refractivity contribution in [3.63, 3.8) is 0 Å². The van der Waals surface area contributed by atoms with E-state index in [0.717, 1.165) is 18.9 Å². The maximum Gasteiger partial charge on any atom is 0.354 e. The molecule has 5 heteroatoms. The Bertz CT molecular complexity index is 245. The van der Waals surface area contributed by atoms with Crippen molar-refractivity contribution in [3.8, 4) is 6.07 Å². The zero-order valence-corrected chi connectivity index (χ0v) is 9.50. The molecule has 0 aliphatic carbocycles. The van der Waals surface area contributed by atoms with Crippen LogP contribution < -0.4 is 0 Å². The number of nitriles is 1. The molecule has 0 N–H and O–H groups in total. The number of rotatable bonds is 7. The minimum atomic E-state index is -3.17. The first-order valence-corrected chi connectivity index (χ1v) is 6.25. The highest BCUT2D eigenvalue weighted by molar-refractivity contribution is 7.57. The van der Waals surface area contributed by atoms with Crippen LogP contribution in [0.1, 0.15) is 26.7 Å². The average molecular weight is 217 g/mol. The van der Waals surface area contributed by atoms with E-state index in [4.69, 9.17) is 14.3 Å². The Hall–Kier alpha value is -0.620. The van der Waals surface area contributed by atoms with Gasteiger partial charge in [0.2, 0.25) is 0 Å². The fourth-order valence-corrected chi connectivity index (χ4v) is 2.06. The lowest BCUT2D eigenvalue weighted by Gasteiger charge is -2.13. The zero-order valence-electron chi connectivity index (χ0n) is 8.60. The van der Waals surface area contributed by atoms with Gasteiger partial charge in [0, 0.05) is 11.9 Å². The molecule has 14 heavy (non-hydrogen) atoms. The van der Waals surface area contributed by atoms with E-state index in [-0.39, 0.29) is 0 Å². The first-order chi connectivity index (χ1) is 6.68. The third-order valence-electron chi connectivity index (χ3n) is 1.28. The summed E-state index contributed by atoms with van der Waals surface area (Å²) in [5, 5.41) is 8.31. The SMILES string of the molecule is CCCOP(=O)(C=CC#N)OCCC. The molecule has 0 heterocycles. The topological polar surface area (TPSA) is 59.3 Å². The highest BCUT2D eigenvalue weighted by Crippen LogP contribution is 2.49. The number of hydrogen-bond donors (Lipinski definition) is 0. The predicted molar refractivity (Wildman–Crippen MR) is 54.8 cm³/mol. The van der Waals surface area contributed by atoms with Gasteiger partial charge in [-0.15, -0.1) is 0 Å². The molecule has 0 atom stereocenters. The standard InChI is InChI=1S/C9H16NO3P/c1-3-7-12-14(11,9-5-6-10)13-8-4-2/h5,9H,3-4,7-8H2,1-2H3. The van der Waals surface area contributed by atoms with Crippen LogP contribution in [0.15, 0.2) is 11.9 Å². The second kappa shape index (κ2) is 7.75. The summed E-state index contributed by atoms with van der Waals surface area (Å²) >= 11 is 0. The molecule has 0 bridgehead atoms. The molecule has 0 radical (unpaired) electrons. The lowest BCUT2D eigenvalue weighted by atomic mass is 10.5. The Morgan fingerprint density at radius 2 is 1.79 bits per heavy atom. The summed E-state index contributed by atoms with van der Waals surface area (Å²) in [6, 6.07) is 1.76. The van der Waals surface area contributed by atoms with Gasteiger partial charge in [-0.25, -0.2) is 0 Å². The molecular weight excluding hydrogens is 201 g/mol. The summed E-state index contributed by atoms with van der Waals surface area (Å²) in [5.41, 5.74) is 0. The number of nitrogens with zero attached hydrogens (tertiary/aromatic N) is 1. The smallest absolute Gasteiger partial charge is 0.306 e. The van der Waals surface area contributed by atoms with Gasteiger partial charge in [0.05, 0.1) is 19.3 Å². The van der Waals surface area contributed by atoms with Gasteiger partial charge >= 0.3 is 7.60 Å². The van der Waals surface area contributed by atoms with Crippen LogP contribution in [0.4, 0.5) is 0 Å². The lowest BCUT2D eigenvalue weighted by Crippen LogP contribution is -1.95. The molecule has 0 fully saturated rings. The van der Waals surface area contributed by atoms with Crippen molar-refractivity contribution in [2.45, 2.75) is 26.7 Å². The molecule has 0 saturated carbocycles. The highest BCUT2D eigenvalue weighted by Gasteiger charge is 2.19. The largest absolute Gasteiger partial charge is 0.354 e. The highest BCUT2D eigenvalue weighted by atomic mass is 31.2. The Balaban J connectivity index is 4.27. The number of allylic oxidation sites excluding steroid dienone is 1. The van der Waals surface area contributed by atoms with Crippen LogP contribution in [0.5, 0.6) is 0 Å². The molecule has 0 aromatic heterocycles. The van der Waals surface area contributed by atoms with Crippen molar-refractivity contribution in [2.24, 2.45) is 0 Å². The van der Waals surface area contributed by atoms with Crippen molar-refractivity contribution in [2.75, 3.05) is 13.2 Å². The molecule has 0 aliphatic heterocycles. The van der Waals surface area contributed by atoms with Gasteiger partial charge in [0.25, 0.3) is 0 Å². The van der Waals surface area contributed by atoms with E-state index < -0.39 is 7.60 Å². The minimum Gasteiger partial charge on any atom is -0.306 e. The first-order valence-electron chi connectivity index (χ1n) is 4.64. The second-order valence-electron chi connectivity index (χ2n) is 2.65. The van der Waals surface area contributed by atoms with Gasteiger partial charge in [0.15, 0.2) is 0 Å². The lowest BCUT2D eigenvalue weighted by molar-refractivity contribution is 0.212. The third kappa shape index (κ3) is 5.93. The molecule has 0 saturated heterocycles. The van der Waals surface area contributed by atoms with Crippen LogP contribution in [0.3, 0.4) is 0 Å².